The van der Waals surface area contributed by atoms with Crippen molar-refractivity contribution in [3.8, 4) is 0 Å². The minimum Gasteiger partial charge on any atom is -0.314 e. The second-order valence-corrected chi connectivity index (χ2v) is 3.96. The Kier molecular flexibility index (Phi) is 2.08. The summed E-state index contributed by atoms with van der Waals surface area (Å²) in [7, 11) is 2.05. The van der Waals surface area contributed by atoms with E-state index >= 15 is 0 Å². The quantitative estimate of drug-likeness (QED) is 0.758. The van der Waals surface area contributed by atoms with E-state index in [4.69, 9.17) is 0 Å². The minimum atomic E-state index is 0.397. The van der Waals surface area contributed by atoms with Crippen molar-refractivity contribution in [1.29, 1.82) is 0 Å². The van der Waals surface area contributed by atoms with Crippen LogP contribution >= 0.6 is 0 Å². The van der Waals surface area contributed by atoms with Crippen molar-refractivity contribution in [1.82, 2.24) is 10.3 Å². The number of hydrogen-bond acceptors (Lipinski definition) is 2. The van der Waals surface area contributed by atoms with Crippen LogP contribution in [0.2, 0.25) is 0 Å². The Morgan fingerprint density at radius 2 is 2.31 bits per heavy atom. The van der Waals surface area contributed by atoms with E-state index < -0.39 is 0 Å². The zero-order valence-corrected chi connectivity index (χ0v) is 8.30. The lowest BCUT2D eigenvalue weighted by atomic mass is 10.0. The molecule has 0 aliphatic heterocycles. The first-order valence-electron chi connectivity index (χ1n) is 4.85. The Bertz CT molecular complexity index is 303. The Labute approximate surface area is 79.4 Å². The first-order chi connectivity index (χ1) is 6.26. The average Bonchev–Trinajstić information content (AvgIpc) is 2.90. The highest BCUT2D eigenvalue weighted by Gasteiger charge is 2.40. The number of nitrogens with zero attached hydrogens (tertiary/aromatic N) is 1. The first-order valence-corrected chi connectivity index (χ1v) is 4.85. The highest BCUT2D eigenvalue weighted by atomic mass is 15.0. The summed E-state index contributed by atoms with van der Waals surface area (Å²) < 4.78 is 0. The van der Waals surface area contributed by atoms with Gasteiger partial charge in [-0.25, -0.2) is 0 Å². The van der Waals surface area contributed by atoms with Crippen molar-refractivity contribution >= 4 is 0 Å². The lowest BCUT2D eigenvalue weighted by Crippen LogP contribution is -2.29. The molecule has 13 heavy (non-hydrogen) atoms. The lowest BCUT2D eigenvalue weighted by molar-refractivity contribution is 0.546. The van der Waals surface area contributed by atoms with Crippen molar-refractivity contribution < 1.29 is 0 Å². The van der Waals surface area contributed by atoms with Gasteiger partial charge >= 0.3 is 0 Å². The maximum atomic E-state index is 4.30. The number of likely N-dealkylation sites (N-methyl/N-ethyl adjacent to an activating group) is 1. The SMILES string of the molecule is CNC1(Cc2cccnc2C)CC1. The average molecular weight is 176 g/mol. The summed E-state index contributed by atoms with van der Waals surface area (Å²) in [5.41, 5.74) is 2.95. The van der Waals surface area contributed by atoms with Crippen molar-refractivity contribution in [2.45, 2.75) is 31.7 Å². The molecule has 0 bridgehead atoms. The van der Waals surface area contributed by atoms with Gasteiger partial charge in [0.25, 0.3) is 0 Å². The van der Waals surface area contributed by atoms with Crippen LogP contribution in [-0.2, 0) is 6.42 Å². The molecule has 2 heteroatoms. The van der Waals surface area contributed by atoms with Crippen LogP contribution < -0.4 is 5.32 Å². The van der Waals surface area contributed by atoms with Crippen LogP contribution in [0.1, 0.15) is 24.1 Å². The summed E-state index contributed by atoms with van der Waals surface area (Å²) in [6.07, 6.45) is 5.59. The van der Waals surface area contributed by atoms with Gasteiger partial charge in [0.1, 0.15) is 0 Å². The molecule has 0 unspecified atom stereocenters. The summed E-state index contributed by atoms with van der Waals surface area (Å²) >= 11 is 0. The number of aromatic nitrogens is 1. The van der Waals surface area contributed by atoms with Crippen LogP contribution in [0.15, 0.2) is 18.3 Å². The van der Waals surface area contributed by atoms with Crippen LogP contribution in [0.5, 0.6) is 0 Å². The third-order valence-electron chi connectivity index (χ3n) is 3.03. The van der Waals surface area contributed by atoms with E-state index in [0.29, 0.717) is 5.54 Å². The third-order valence-corrected chi connectivity index (χ3v) is 3.03. The van der Waals surface area contributed by atoms with Crippen molar-refractivity contribution in [3.63, 3.8) is 0 Å². The van der Waals surface area contributed by atoms with Gasteiger partial charge in [-0.05, 0) is 44.9 Å². The number of hydrogen-bond donors (Lipinski definition) is 1. The van der Waals surface area contributed by atoms with Crippen LogP contribution in [0, 0.1) is 6.92 Å². The number of aryl methyl sites for hydroxylation is 1. The zero-order valence-electron chi connectivity index (χ0n) is 8.30. The molecule has 1 heterocycles. The van der Waals surface area contributed by atoms with Gasteiger partial charge < -0.3 is 5.32 Å². The highest BCUT2D eigenvalue weighted by Crippen LogP contribution is 2.38. The summed E-state index contributed by atoms with van der Waals surface area (Å²) in [6.45, 7) is 2.08. The van der Waals surface area contributed by atoms with Gasteiger partial charge in [-0.3, -0.25) is 4.98 Å². The molecule has 1 N–H and O–H groups in total. The predicted molar refractivity (Wildman–Crippen MR) is 53.7 cm³/mol. The Balaban J connectivity index is 2.14. The van der Waals surface area contributed by atoms with Crippen molar-refractivity contribution in [2.75, 3.05) is 7.05 Å². The molecular weight excluding hydrogens is 160 g/mol. The van der Waals surface area contributed by atoms with Crippen LogP contribution in [-0.4, -0.2) is 17.6 Å². The summed E-state index contributed by atoms with van der Waals surface area (Å²) in [5, 5.41) is 3.40. The van der Waals surface area contributed by atoms with Crippen molar-refractivity contribution in [3.05, 3.63) is 29.6 Å². The van der Waals surface area contributed by atoms with E-state index in [2.05, 4.69) is 30.3 Å². The molecule has 0 aromatic carbocycles. The van der Waals surface area contributed by atoms with Crippen LogP contribution in [0.3, 0.4) is 0 Å². The lowest BCUT2D eigenvalue weighted by Gasteiger charge is -2.14. The van der Waals surface area contributed by atoms with E-state index in [1.807, 2.05) is 12.3 Å². The second-order valence-electron chi connectivity index (χ2n) is 3.96. The van der Waals surface area contributed by atoms with Gasteiger partial charge in [-0.1, -0.05) is 6.07 Å². The third kappa shape index (κ3) is 1.73. The van der Waals surface area contributed by atoms with Crippen LogP contribution in [0.4, 0.5) is 0 Å². The molecule has 0 spiro atoms. The molecule has 1 aromatic rings. The summed E-state index contributed by atoms with van der Waals surface area (Å²) in [6, 6.07) is 4.20. The molecule has 1 fully saturated rings. The van der Waals surface area contributed by atoms with Gasteiger partial charge in [-0.2, -0.15) is 0 Å². The molecule has 1 aromatic heterocycles. The standard InChI is InChI=1S/C11H16N2/c1-9-10(4-3-7-13-9)8-11(12-2)5-6-11/h3-4,7,12H,5-6,8H2,1-2H3. The van der Waals surface area contributed by atoms with Gasteiger partial charge in [0, 0.05) is 17.4 Å². The van der Waals surface area contributed by atoms with E-state index in [9.17, 15) is 0 Å². The Morgan fingerprint density at radius 1 is 1.54 bits per heavy atom. The molecule has 1 aliphatic carbocycles. The molecular formula is C11H16N2. The summed E-state index contributed by atoms with van der Waals surface area (Å²) in [4.78, 5) is 4.30. The first kappa shape index (κ1) is 8.70. The molecule has 0 amide bonds. The fourth-order valence-electron chi connectivity index (χ4n) is 1.73. The molecule has 2 rings (SSSR count). The molecule has 70 valence electrons. The largest absolute Gasteiger partial charge is 0.314 e. The highest BCUT2D eigenvalue weighted by molar-refractivity contribution is 5.23. The van der Waals surface area contributed by atoms with Gasteiger partial charge in [0.15, 0.2) is 0 Å². The van der Waals surface area contributed by atoms with E-state index in [-0.39, 0.29) is 0 Å². The predicted octanol–water partition coefficient (Wildman–Crippen LogP) is 1.68. The van der Waals surface area contributed by atoms with Crippen LogP contribution in [0.25, 0.3) is 0 Å². The second kappa shape index (κ2) is 3.11. The molecule has 0 radical (unpaired) electrons. The Hall–Kier alpha value is -0.890. The Morgan fingerprint density at radius 3 is 2.85 bits per heavy atom. The molecule has 2 nitrogen and oxygen atoms in total. The van der Waals surface area contributed by atoms with E-state index in [0.717, 1.165) is 6.42 Å². The van der Waals surface area contributed by atoms with Gasteiger partial charge in [0.05, 0.1) is 0 Å². The van der Waals surface area contributed by atoms with Gasteiger partial charge in [-0.15, -0.1) is 0 Å². The fraction of sp³-hybridized carbons (Fsp3) is 0.545. The zero-order chi connectivity index (χ0) is 9.31. The molecule has 1 aliphatic rings. The summed E-state index contributed by atoms with van der Waals surface area (Å²) in [5.74, 6) is 0. The number of pyridine rings is 1. The monoisotopic (exact) mass is 176 g/mol. The van der Waals surface area contributed by atoms with E-state index in [1.165, 1.54) is 24.1 Å². The fourth-order valence-corrected chi connectivity index (χ4v) is 1.73. The molecule has 0 atom stereocenters. The van der Waals surface area contributed by atoms with Crippen molar-refractivity contribution in [2.24, 2.45) is 0 Å². The molecule has 1 saturated carbocycles. The number of nitrogens with one attached hydrogen (secondary N) is 1. The molecule has 0 saturated heterocycles. The van der Waals surface area contributed by atoms with Gasteiger partial charge in [0.2, 0.25) is 0 Å². The maximum Gasteiger partial charge on any atom is 0.0405 e. The topological polar surface area (TPSA) is 24.9 Å². The smallest absolute Gasteiger partial charge is 0.0405 e. The van der Waals surface area contributed by atoms with E-state index in [1.54, 1.807) is 0 Å². The normalized spacial score (nSPS) is 18.6. The number of rotatable bonds is 3. The maximum absolute atomic E-state index is 4.30. The minimum absolute atomic E-state index is 0.397.